The Morgan fingerprint density at radius 3 is 2.59 bits per heavy atom. The third-order valence-corrected chi connectivity index (χ3v) is 3.41. The van der Waals surface area contributed by atoms with Crippen LogP contribution in [0, 0.1) is 0 Å². The molecule has 1 N–H and O–H groups in total. The Morgan fingerprint density at radius 2 is 1.94 bits per heavy atom. The van der Waals surface area contributed by atoms with Gasteiger partial charge < -0.3 is 5.11 Å². The second kappa shape index (κ2) is 6.39. The molecule has 5 heteroatoms. The van der Waals surface area contributed by atoms with E-state index < -0.39 is 5.97 Å². The lowest BCUT2D eigenvalue weighted by Gasteiger charge is -2.08. The first-order valence-corrected chi connectivity index (χ1v) is 6.32. The van der Waals surface area contributed by atoms with Crippen molar-refractivity contribution < 1.29 is 19.5 Å². The molecule has 0 aliphatic heterocycles. The number of hydrogen-bond donors (Lipinski definition) is 1. The smallest absolute Gasteiger partial charge is 0.303 e. The molecule has 0 heterocycles. The number of aliphatic carboxylic acids is 1. The lowest BCUT2D eigenvalue weighted by molar-refractivity contribution is -0.137. The van der Waals surface area contributed by atoms with Crippen LogP contribution >= 0.6 is 11.8 Å². The maximum atomic E-state index is 11.5. The van der Waals surface area contributed by atoms with E-state index in [9.17, 15) is 14.4 Å². The molecule has 0 saturated heterocycles. The van der Waals surface area contributed by atoms with Gasteiger partial charge in [-0.25, -0.2) is 0 Å². The molecule has 0 unspecified atom stereocenters. The maximum Gasteiger partial charge on any atom is 0.303 e. The van der Waals surface area contributed by atoms with Crippen LogP contribution in [0.15, 0.2) is 22.6 Å². The largest absolute Gasteiger partial charge is 0.481 e. The van der Waals surface area contributed by atoms with Gasteiger partial charge >= 0.3 is 5.97 Å². The van der Waals surface area contributed by atoms with Crippen LogP contribution < -0.4 is 0 Å². The maximum absolute atomic E-state index is 11.5. The zero-order valence-corrected chi connectivity index (χ0v) is 10.4. The quantitative estimate of drug-likeness (QED) is 0.579. The Labute approximate surface area is 104 Å². The molecule has 1 aliphatic carbocycles. The molecule has 0 aromatic carbocycles. The molecule has 1 aliphatic rings. The van der Waals surface area contributed by atoms with Crippen LogP contribution in [0.2, 0.25) is 0 Å². The molecule has 1 rings (SSSR count). The topological polar surface area (TPSA) is 71.4 Å². The normalized spacial score (nSPS) is 15.6. The number of thioether (sulfide) groups is 1. The minimum absolute atomic E-state index is 0.127. The number of carbonyl (C=O) groups excluding carboxylic acids is 2. The van der Waals surface area contributed by atoms with E-state index in [1.807, 2.05) is 0 Å². The summed E-state index contributed by atoms with van der Waals surface area (Å²) in [6, 6.07) is 0. The van der Waals surface area contributed by atoms with Crippen molar-refractivity contribution in [2.45, 2.75) is 26.2 Å². The highest BCUT2D eigenvalue weighted by Crippen LogP contribution is 2.23. The predicted molar refractivity (Wildman–Crippen MR) is 65.8 cm³/mol. The van der Waals surface area contributed by atoms with Crippen LogP contribution in [0.5, 0.6) is 0 Å². The average Bonchev–Trinajstić information content (AvgIpc) is 2.24. The van der Waals surface area contributed by atoms with E-state index in [0.717, 1.165) is 6.42 Å². The molecule has 0 fully saturated rings. The molecule has 0 atom stereocenters. The highest BCUT2D eigenvalue weighted by Gasteiger charge is 2.17. The van der Waals surface area contributed by atoms with E-state index >= 15 is 0 Å². The van der Waals surface area contributed by atoms with Gasteiger partial charge in [-0.05, 0) is 31.6 Å². The van der Waals surface area contributed by atoms with Crippen molar-refractivity contribution in [3.63, 3.8) is 0 Å². The Bertz CT molecular complexity index is 407. The van der Waals surface area contributed by atoms with Crippen molar-refractivity contribution in [1.29, 1.82) is 0 Å². The second-order valence-corrected chi connectivity index (χ2v) is 4.90. The van der Waals surface area contributed by atoms with Crippen LogP contribution in [-0.4, -0.2) is 28.4 Å². The Balaban J connectivity index is 2.33. The third kappa shape index (κ3) is 4.56. The van der Waals surface area contributed by atoms with Gasteiger partial charge in [-0.1, -0.05) is 0 Å². The van der Waals surface area contributed by atoms with Gasteiger partial charge in [-0.2, -0.15) is 0 Å². The second-order valence-electron chi connectivity index (χ2n) is 3.76. The lowest BCUT2D eigenvalue weighted by Crippen LogP contribution is -2.09. The minimum atomic E-state index is -0.809. The van der Waals surface area contributed by atoms with Crippen molar-refractivity contribution in [2.75, 3.05) is 5.75 Å². The van der Waals surface area contributed by atoms with Crippen LogP contribution in [-0.2, 0) is 14.4 Å². The first-order chi connectivity index (χ1) is 8.00. The summed E-state index contributed by atoms with van der Waals surface area (Å²) in [5.41, 5.74) is 0.463. The molecule has 0 spiro atoms. The number of carboxylic acid groups (broad SMARTS) is 1. The van der Waals surface area contributed by atoms with Gasteiger partial charge in [0.1, 0.15) is 0 Å². The van der Waals surface area contributed by atoms with Crippen molar-refractivity contribution in [3.05, 3.63) is 22.6 Å². The number of rotatable bonds is 6. The summed E-state index contributed by atoms with van der Waals surface area (Å²) in [6.07, 6.45) is 4.16. The summed E-state index contributed by atoms with van der Waals surface area (Å²) in [5, 5.41) is 8.44. The van der Waals surface area contributed by atoms with Crippen LogP contribution in [0.1, 0.15) is 26.2 Å². The molecule has 17 heavy (non-hydrogen) atoms. The number of carbonyl (C=O) groups is 3. The summed E-state index contributed by atoms with van der Waals surface area (Å²) in [7, 11) is 0. The summed E-state index contributed by atoms with van der Waals surface area (Å²) < 4.78 is 0. The first kappa shape index (κ1) is 13.7. The van der Waals surface area contributed by atoms with Crippen molar-refractivity contribution >= 4 is 29.3 Å². The van der Waals surface area contributed by atoms with Gasteiger partial charge in [-0.3, -0.25) is 14.4 Å². The van der Waals surface area contributed by atoms with Gasteiger partial charge in [0.25, 0.3) is 0 Å². The number of unbranched alkanes of at least 4 members (excludes halogenated alkanes) is 1. The number of allylic oxidation sites excluding steroid dienone is 4. The molecule has 92 valence electrons. The van der Waals surface area contributed by atoms with E-state index in [2.05, 4.69) is 0 Å². The Kier molecular flexibility index (Phi) is 5.15. The summed E-state index contributed by atoms with van der Waals surface area (Å²) in [4.78, 5) is 33.6. The van der Waals surface area contributed by atoms with E-state index in [4.69, 9.17) is 5.11 Å². The van der Waals surface area contributed by atoms with E-state index in [0.29, 0.717) is 22.7 Å². The predicted octanol–water partition coefficient (Wildman–Crippen LogP) is 1.96. The number of carboxylic acids is 1. The summed E-state index contributed by atoms with van der Waals surface area (Å²) >= 11 is 1.32. The molecular formula is C12H14O4S. The average molecular weight is 254 g/mol. The third-order valence-electron chi connectivity index (χ3n) is 2.28. The fraction of sp³-hybridized carbons (Fsp3) is 0.417. The van der Waals surface area contributed by atoms with Crippen LogP contribution in [0.4, 0.5) is 0 Å². The fourth-order valence-corrected chi connectivity index (χ4v) is 2.28. The molecule has 0 aromatic heterocycles. The molecule has 4 nitrogen and oxygen atoms in total. The summed E-state index contributed by atoms with van der Waals surface area (Å²) in [6.45, 7) is 1.62. The van der Waals surface area contributed by atoms with E-state index in [-0.39, 0.29) is 18.0 Å². The van der Waals surface area contributed by atoms with Gasteiger partial charge in [0.15, 0.2) is 11.6 Å². The van der Waals surface area contributed by atoms with Gasteiger partial charge in [0, 0.05) is 18.1 Å². The Hall–Kier alpha value is -1.36. The Morgan fingerprint density at radius 1 is 1.24 bits per heavy atom. The zero-order chi connectivity index (χ0) is 12.8. The van der Waals surface area contributed by atoms with Crippen molar-refractivity contribution in [1.82, 2.24) is 0 Å². The van der Waals surface area contributed by atoms with Gasteiger partial charge in [0.05, 0.1) is 4.91 Å². The molecular weight excluding hydrogens is 240 g/mol. The molecule has 0 aromatic rings. The number of hydrogen-bond acceptors (Lipinski definition) is 4. The SMILES string of the molecule is CC1=CC(=O)C(SCCCCC(=O)O)=CC1=O. The number of ketones is 2. The van der Waals surface area contributed by atoms with E-state index in [1.54, 1.807) is 6.92 Å². The van der Waals surface area contributed by atoms with Crippen LogP contribution in [0.3, 0.4) is 0 Å². The highest BCUT2D eigenvalue weighted by molar-refractivity contribution is 8.04. The zero-order valence-electron chi connectivity index (χ0n) is 9.56. The van der Waals surface area contributed by atoms with E-state index in [1.165, 1.54) is 23.9 Å². The molecule has 0 amide bonds. The monoisotopic (exact) mass is 254 g/mol. The van der Waals surface area contributed by atoms with Gasteiger partial charge in [0.2, 0.25) is 0 Å². The van der Waals surface area contributed by atoms with Gasteiger partial charge in [-0.15, -0.1) is 11.8 Å². The highest BCUT2D eigenvalue weighted by atomic mass is 32.2. The standard InChI is InChI=1S/C12H14O4S/c1-8-6-10(14)11(7-9(8)13)17-5-3-2-4-12(15)16/h6-7H,2-5H2,1H3,(H,15,16). The minimum Gasteiger partial charge on any atom is -0.481 e. The van der Waals surface area contributed by atoms with Crippen molar-refractivity contribution in [2.24, 2.45) is 0 Å². The first-order valence-electron chi connectivity index (χ1n) is 5.34. The van der Waals surface area contributed by atoms with Crippen molar-refractivity contribution in [3.8, 4) is 0 Å². The molecule has 0 saturated carbocycles. The molecule has 0 radical (unpaired) electrons. The lowest BCUT2D eigenvalue weighted by atomic mass is 10.1. The summed E-state index contributed by atoms with van der Waals surface area (Å²) in [5.74, 6) is -0.412. The van der Waals surface area contributed by atoms with Crippen LogP contribution in [0.25, 0.3) is 0 Å². The fourth-order valence-electron chi connectivity index (χ4n) is 1.32. The molecule has 0 bridgehead atoms.